The lowest BCUT2D eigenvalue weighted by Crippen LogP contribution is -2.32. The minimum Gasteiger partial charge on any atom is -0.482 e. The van der Waals surface area contributed by atoms with Crippen LogP contribution >= 0.6 is 11.6 Å². The van der Waals surface area contributed by atoms with E-state index in [2.05, 4.69) is 17.0 Å². The van der Waals surface area contributed by atoms with Crippen molar-refractivity contribution in [2.24, 2.45) is 0 Å². The number of rotatable bonds is 9. The van der Waals surface area contributed by atoms with Crippen LogP contribution in [0.15, 0.2) is 48.5 Å². The third kappa shape index (κ3) is 6.67. The predicted octanol–water partition coefficient (Wildman–Crippen LogP) is 3.15. The molecule has 0 aliphatic carbocycles. The number of ether oxygens (including phenoxy) is 2. The third-order valence-corrected chi connectivity index (χ3v) is 4.18. The number of hydrogen-bond acceptors (Lipinski definition) is 5. The fraction of sp³-hybridized carbons (Fsp3) is 0.350. The number of methoxy groups -OCH3 is 1. The second-order valence-corrected chi connectivity index (χ2v) is 6.53. The van der Waals surface area contributed by atoms with E-state index in [9.17, 15) is 9.90 Å². The molecular weight excluding hydrogens is 354 g/mol. The quantitative estimate of drug-likeness (QED) is 0.657. The third-order valence-electron chi connectivity index (χ3n) is 3.94. The molecule has 5 nitrogen and oxygen atoms in total. The summed E-state index contributed by atoms with van der Waals surface area (Å²) in [4.78, 5) is 11.1. The summed E-state index contributed by atoms with van der Waals surface area (Å²) in [5.74, 6) is 0.210. The Labute approximate surface area is 158 Å². The minimum absolute atomic E-state index is 0.102. The van der Waals surface area contributed by atoms with Gasteiger partial charge < -0.3 is 19.9 Å². The smallest absolute Gasteiger partial charge is 0.343 e. The van der Waals surface area contributed by atoms with Gasteiger partial charge in [-0.05, 0) is 48.7 Å². The van der Waals surface area contributed by atoms with Crippen LogP contribution in [0.5, 0.6) is 5.75 Å². The van der Waals surface area contributed by atoms with E-state index in [1.165, 1.54) is 7.11 Å². The van der Waals surface area contributed by atoms with Gasteiger partial charge in [0.25, 0.3) is 0 Å². The summed E-state index contributed by atoms with van der Waals surface area (Å²) in [6.45, 7) is 2.41. The second kappa shape index (κ2) is 10.2. The first kappa shape index (κ1) is 20.2. The maximum atomic E-state index is 11.1. The molecule has 0 radical (unpaired) electrons. The maximum absolute atomic E-state index is 11.1. The van der Waals surface area contributed by atoms with Crippen molar-refractivity contribution < 1.29 is 19.4 Å². The van der Waals surface area contributed by atoms with Crippen LogP contribution in [0.25, 0.3) is 0 Å². The summed E-state index contributed by atoms with van der Waals surface area (Å²) in [6.07, 6.45) is 0.199. The first-order valence-corrected chi connectivity index (χ1v) is 8.81. The van der Waals surface area contributed by atoms with E-state index >= 15 is 0 Å². The van der Waals surface area contributed by atoms with Gasteiger partial charge in [-0.15, -0.1) is 0 Å². The molecule has 2 N–H and O–H groups in total. The molecule has 0 aromatic heterocycles. The Balaban J connectivity index is 1.78. The van der Waals surface area contributed by atoms with Gasteiger partial charge in [-0.1, -0.05) is 35.9 Å². The van der Waals surface area contributed by atoms with E-state index in [-0.39, 0.29) is 12.6 Å². The number of carbonyl (C=O) groups excluding carboxylic acids is 1. The zero-order chi connectivity index (χ0) is 18.9. The highest BCUT2D eigenvalue weighted by atomic mass is 35.5. The summed E-state index contributed by atoms with van der Waals surface area (Å²) in [6, 6.07) is 15.0. The van der Waals surface area contributed by atoms with Crippen LogP contribution in [0, 0.1) is 0 Å². The molecule has 0 aliphatic heterocycles. The van der Waals surface area contributed by atoms with E-state index in [0.29, 0.717) is 17.3 Å². The molecule has 0 heterocycles. The normalized spacial score (nSPS) is 13.1. The molecule has 0 aliphatic rings. The van der Waals surface area contributed by atoms with Crippen LogP contribution in [-0.2, 0) is 16.0 Å². The highest BCUT2D eigenvalue weighted by Crippen LogP contribution is 2.18. The highest BCUT2D eigenvalue weighted by molar-refractivity contribution is 6.30. The lowest BCUT2D eigenvalue weighted by molar-refractivity contribution is -0.142. The van der Waals surface area contributed by atoms with Crippen molar-refractivity contribution in [2.75, 3.05) is 20.3 Å². The number of esters is 1. The Morgan fingerprint density at radius 2 is 1.96 bits per heavy atom. The first-order chi connectivity index (χ1) is 12.5. The molecule has 0 fully saturated rings. The van der Waals surface area contributed by atoms with Crippen LogP contribution in [0.1, 0.15) is 24.2 Å². The summed E-state index contributed by atoms with van der Waals surface area (Å²) >= 11 is 5.95. The second-order valence-electron chi connectivity index (χ2n) is 6.09. The monoisotopic (exact) mass is 377 g/mol. The standard InChI is InChI=1S/C20H24ClNO4/c1-14(22-12-19(23)16-4-3-5-17(21)11-16)10-15-6-8-18(9-7-15)26-13-20(24)25-2/h3-9,11,14,19,22-23H,10,12-13H2,1-2H3/t14-,19-/m1/s1. The largest absolute Gasteiger partial charge is 0.482 e. The molecule has 0 bridgehead atoms. The number of halogens is 1. The first-order valence-electron chi connectivity index (χ1n) is 8.43. The summed E-state index contributed by atoms with van der Waals surface area (Å²) in [7, 11) is 1.33. The Bertz CT molecular complexity index is 705. The molecule has 6 heteroatoms. The highest BCUT2D eigenvalue weighted by Gasteiger charge is 2.10. The lowest BCUT2D eigenvalue weighted by Gasteiger charge is -2.18. The van der Waals surface area contributed by atoms with Crippen LogP contribution in [0.4, 0.5) is 0 Å². The van der Waals surface area contributed by atoms with Gasteiger partial charge in [-0.2, -0.15) is 0 Å². The van der Waals surface area contributed by atoms with Crippen molar-refractivity contribution in [1.82, 2.24) is 5.32 Å². The molecule has 0 unspecified atom stereocenters. The van der Waals surface area contributed by atoms with Crippen molar-refractivity contribution >= 4 is 17.6 Å². The molecule has 0 spiro atoms. The lowest BCUT2D eigenvalue weighted by atomic mass is 10.1. The molecule has 0 saturated carbocycles. The van der Waals surface area contributed by atoms with Crippen LogP contribution in [-0.4, -0.2) is 37.4 Å². The van der Waals surface area contributed by atoms with E-state index in [4.69, 9.17) is 16.3 Å². The molecule has 0 amide bonds. The summed E-state index contributed by atoms with van der Waals surface area (Å²) in [5, 5.41) is 14.2. The molecule has 2 aromatic rings. The Morgan fingerprint density at radius 1 is 1.23 bits per heavy atom. The van der Waals surface area contributed by atoms with Gasteiger partial charge >= 0.3 is 5.97 Å². The van der Waals surface area contributed by atoms with Gasteiger partial charge in [0.2, 0.25) is 0 Å². The van der Waals surface area contributed by atoms with Crippen molar-refractivity contribution in [1.29, 1.82) is 0 Å². The van der Waals surface area contributed by atoms with Gasteiger partial charge in [-0.25, -0.2) is 4.79 Å². The molecule has 2 atom stereocenters. The molecule has 2 aromatic carbocycles. The number of aliphatic hydroxyl groups excluding tert-OH is 1. The number of aliphatic hydroxyl groups is 1. The molecule has 0 saturated heterocycles. The zero-order valence-electron chi connectivity index (χ0n) is 14.9. The van der Waals surface area contributed by atoms with Crippen molar-refractivity contribution in [3.05, 3.63) is 64.7 Å². The SMILES string of the molecule is COC(=O)COc1ccc(C[C@@H](C)NC[C@@H](O)c2cccc(Cl)c2)cc1. The van der Waals surface area contributed by atoms with Crippen LogP contribution < -0.4 is 10.1 Å². The van der Waals surface area contributed by atoms with E-state index in [0.717, 1.165) is 17.5 Å². The van der Waals surface area contributed by atoms with Gasteiger partial charge in [-0.3, -0.25) is 0 Å². The molecule has 26 heavy (non-hydrogen) atoms. The molecule has 140 valence electrons. The summed E-state index contributed by atoms with van der Waals surface area (Å²) in [5.41, 5.74) is 1.93. The fourth-order valence-corrected chi connectivity index (χ4v) is 2.69. The number of benzene rings is 2. The fourth-order valence-electron chi connectivity index (χ4n) is 2.49. The molecular formula is C20H24ClNO4. The van der Waals surface area contributed by atoms with Gasteiger partial charge in [0.15, 0.2) is 6.61 Å². The maximum Gasteiger partial charge on any atom is 0.343 e. The predicted molar refractivity (Wildman–Crippen MR) is 102 cm³/mol. The Morgan fingerprint density at radius 3 is 2.62 bits per heavy atom. The van der Waals surface area contributed by atoms with E-state index < -0.39 is 12.1 Å². The summed E-state index contributed by atoms with van der Waals surface area (Å²) < 4.78 is 9.86. The van der Waals surface area contributed by atoms with E-state index in [1.54, 1.807) is 12.1 Å². The average Bonchev–Trinajstić information content (AvgIpc) is 2.65. The Kier molecular flexibility index (Phi) is 7.91. The van der Waals surface area contributed by atoms with Crippen molar-refractivity contribution in [3.63, 3.8) is 0 Å². The zero-order valence-corrected chi connectivity index (χ0v) is 15.7. The number of hydrogen-bond donors (Lipinski definition) is 2. The van der Waals surface area contributed by atoms with Crippen molar-refractivity contribution in [3.8, 4) is 5.75 Å². The van der Waals surface area contributed by atoms with Crippen LogP contribution in [0.3, 0.4) is 0 Å². The van der Waals surface area contributed by atoms with Crippen LogP contribution in [0.2, 0.25) is 5.02 Å². The number of carbonyl (C=O) groups is 1. The van der Waals surface area contributed by atoms with Gasteiger partial charge in [0, 0.05) is 17.6 Å². The van der Waals surface area contributed by atoms with Crippen molar-refractivity contribution in [2.45, 2.75) is 25.5 Å². The number of nitrogens with one attached hydrogen (secondary N) is 1. The van der Waals surface area contributed by atoms with E-state index in [1.807, 2.05) is 36.4 Å². The molecule has 2 rings (SSSR count). The average molecular weight is 378 g/mol. The Hall–Kier alpha value is -2.08. The minimum atomic E-state index is -0.606. The van der Waals surface area contributed by atoms with Gasteiger partial charge in [0.1, 0.15) is 5.75 Å². The van der Waals surface area contributed by atoms with Gasteiger partial charge in [0.05, 0.1) is 13.2 Å². The topological polar surface area (TPSA) is 67.8 Å².